The Kier molecular flexibility index (Phi) is 7.77. The van der Waals surface area contributed by atoms with Crippen LogP contribution in [0.25, 0.3) is 54.6 Å². The smallest absolute Gasteiger partial charge is 0.416 e. The molecule has 11 heteroatoms. The van der Waals surface area contributed by atoms with Gasteiger partial charge in [0.25, 0.3) is 0 Å². The lowest BCUT2D eigenvalue weighted by atomic mass is 9.93. The van der Waals surface area contributed by atoms with Crippen LogP contribution in [-0.4, -0.2) is 51.3 Å². The fourth-order valence-electron chi connectivity index (χ4n) is 6.85. The first-order chi connectivity index (χ1) is 24.2. The molecule has 7 nitrogen and oxygen atoms in total. The lowest BCUT2D eigenvalue weighted by Gasteiger charge is -2.30. The van der Waals surface area contributed by atoms with Gasteiger partial charge in [0.15, 0.2) is 5.65 Å². The van der Waals surface area contributed by atoms with Gasteiger partial charge >= 0.3 is 11.9 Å². The highest BCUT2D eigenvalue weighted by molar-refractivity contribution is 6.25. The van der Waals surface area contributed by atoms with Crippen LogP contribution in [0.5, 0.6) is 5.75 Å². The highest BCUT2D eigenvalue weighted by Crippen LogP contribution is 2.37. The van der Waals surface area contributed by atoms with Gasteiger partial charge in [-0.1, -0.05) is 60.7 Å². The summed E-state index contributed by atoms with van der Waals surface area (Å²) in [5.74, 6) is -0.375. The molecule has 8 rings (SSSR count). The minimum atomic E-state index is -4.69. The number of benzene rings is 5. The van der Waals surface area contributed by atoms with Crippen molar-refractivity contribution >= 4 is 49.4 Å². The van der Waals surface area contributed by atoms with E-state index in [1.165, 1.54) is 21.4 Å². The molecule has 1 aliphatic heterocycles. The van der Waals surface area contributed by atoms with Crippen molar-refractivity contribution in [2.75, 3.05) is 26.4 Å². The van der Waals surface area contributed by atoms with Gasteiger partial charge in [-0.25, -0.2) is 14.2 Å². The van der Waals surface area contributed by atoms with Gasteiger partial charge in [-0.15, -0.1) is 0 Å². The summed E-state index contributed by atoms with van der Waals surface area (Å²) in [6.07, 6.45) is -2.41. The van der Waals surface area contributed by atoms with E-state index in [-0.39, 0.29) is 35.9 Å². The van der Waals surface area contributed by atoms with Crippen molar-refractivity contribution in [2.24, 2.45) is 0 Å². The van der Waals surface area contributed by atoms with E-state index in [9.17, 15) is 27.2 Å². The largest absolute Gasteiger partial charge is 0.491 e. The Labute approximate surface area is 282 Å². The highest BCUT2D eigenvalue weighted by Gasteiger charge is 2.32. The summed E-state index contributed by atoms with van der Waals surface area (Å²) >= 11 is 0. The number of nitrogens with zero attached hydrogens (tertiary/aromatic N) is 4. The number of hydrogen-bond donors (Lipinski definition) is 0. The zero-order chi connectivity index (χ0) is 34.6. The predicted molar refractivity (Wildman–Crippen MR) is 185 cm³/mol. The molecule has 0 unspecified atom stereocenters. The van der Waals surface area contributed by atoms with E-state index in [1.807, 2.05) is 30.3 Å². The van der Waals surface area contributed by atoms with E-state index >= 15 is 0 Å². The van der Waals surface area contributed by atoms with E-state index in [2.05, 4.69) is 41.4 Å². The summed E-state index contributed by atoms with van der Waals surface area (Å²) in [5, 5.41) is 6.58. The molecule has 252 valence electrons. The number of likely N-dealkylation sites (tertiary alicyclic amines) is 1. The van der Waals surface area contributed by atoms with Crippen LogP contribution < -0.4 is 10.4 Å². The summed E-state index contributed by atoms with van der Waals surface area (Å²) in [4.78, 5) is 33.5. The monoisotopic (exact) mass is 678 g/mol. The van der Waals surface area contributed by atoms with Crippen LogP contribution >= 0.6 is 0 Å². The second-order valence-corrected chi connectivity index (χ2v) is 12.5. The topological polar surface area (TPSA) is 69.4 Å². The Bertz CT molecular complexity index is 2480. The van der Waals surface area contributed by atoms with Crippen molar-refractivity contribution in [2.45, 2.75) is 25.7 Å². The minimum absolute atomic E-state index is 0.123. The third kappa shape index (κ3) is 5.52. The van der Waals surface area contributed by atoms with Crippen LogP contribution in [0.2, 0.25) is 0 Å². The normalized spacial score (nSPS) is 13.4. The third-order valence-electron chi connectivity index (χ3n) is 9.42. The molecule has 0 saturated carbocycles. The molecule has 0 radical (unpaired) electrons. The first-order valence-corrected chi connectivity index (χ1v) is 16.3. The van der Waals surface area contributed by atoms with Crippen LogP contribution in [0, 0.1) is 0 Å². The summed E-state index contributed by atoms with van der Waals surface area (Å²) in [6, 6.07) is 27.2. The van der Waals surface area contributed by atoms with Crippen molar-refractivity contribution in [3.8, 4) is 16.9 Å². The fraction of sp³-hybridized carbons (Fsp3) is 0.205. The quantitative estimate of drug-likeness (QED) is 0.121. The van der Waals surface area contributed by atoms with E-state index in [1.54, 1.807) is 11.0 Å². The second-order valence-electron chi connectivity index (χ2n) is 12.5. The molecule has 3 heterocycles. The van der Waals surface area contributed by atoms with Gasteiger partial charge in [-0.3, -0.25) is 13.9 Å². The van der Waals surface area contributed by atoms with Crippen molar-refractivity contribution in [1.82, 2.24) is 19.0 Å². The first kappa shape index (κ1) is 31.6. The molecule has 0 spiro atoms. The maximum Gasteiger partial charge on any atom is 0.416 e. The second kappa shape index (κ2) is 12.3. The molecule has 1 amide bonds. The molecule has 7 aromatic rings. The van der Waals surface area contributed by atoms with Crippen molar-refractivity contribution < 1.29 is 27.1 Å². The fourth-order valence-corrected chi connectivity index (χ4v) is 6.85. The molecule has 1 saturated heterocycles. The van der Waals surface area contributed by atoms with E-state index in [0.717, 1.165) is 56.4 Å². The molecule has 0 atom stereocenters. The number of imidazole rings is 1. The standard InChI is InChI=1S/C39H30F4N4O3/c40-12-15-50-28-18-25(17-27(20-28)39(41,42)43)26-19-35-37(44-21-26)47(38(49)46(35)23-36(48)45-13-5-14-45)22-24-10-11-33-31-8-2-1-6-29(31)30-7-3-4-9-32(30)34(33)16-24/h1-4,6-11,16-21H,5,12-15,22-23H2. The Morgan fingerprint density at radius 1 is 0.780 bits per heavy atom. The molecule has 5 aromatic carbocycles. The molecule has 0 bridgehead atoms. The zero-order valence-corrected chi connectivity index (χ0v) is 26.7. The zero-order valence-electron chi connectivity index (χ0n) is 26.7. The van der Waals surface area contributed by atoms with Gasteiger partial charge in [-0.05, 0) is 80.2 Å². The maximum absolute atomic E-state index is 14.1. The SMILES string of the molecule is O=C(Cn1c(=O)n(Cc2ccc3c4ccccc4c4ccccc4c3c2)c2ncc(-c3cc(OCCF)cc(C(F)(F)F)c3)cc21)N1CCC1. The number of hydrogen-bond acceptors (Lipinski definition) is 4. The lowest BCUT2D eigenvalue weighted by molar-refractivity contribution is -0.137. The Balaban J connectivity index is 1.26. The molecule has 0 N–H and O–H groups in total. The van der Waals surface area contributed by atoms with Crippen molar-refractivity contribution in [1.29, 1.82) is 0 Å². The lowest BCUT2D eigenvalue weighted by Crippen LogP contribution is -2.44. The number of carbonyl (C=O) groups excluding carboxylic acids is 1. The Morgan fingerprint density at radius 2 is 1.44 bits per heavy atom. The van der Waals surface area contributed by atoms with Crippen molar-refractivity contribution in [3.05, 3.63) is 119 Å². The molecule has 2 aromatic heterocycles. The van der Waals surface area contributed by atoms with Crippen LogP contribution in [0.3, 0.4) is 0 Å². The van der Waals surface area contributed by atoms with Gasteiger partial charge in [0, 0.05) is 24.8 Å². The highest BCUT2D eigenvalue weighted by atomic mass is 19.4. The predicted octanol–water partition coefficient (Wildman–Crippen LogP) is 7.97. The van der Waals surface area contributed by atoms with E-state index in [0.29, 0.717) is 24.3 Å². The first-order valence-electron chi connectivity index (χ1n) is 16.3. The number of carbonyl (C=O) groups is 1. The Hall–Kier alpha value is -5.71. The number of amides is 1. The molecule has 0 aliphatic carbocycles. The molecule has 50 heavy (non-hydrogen) atoms. The number of aromatic nitrogens is 3. The van der Waals surface area contributed by atoms with Gasteiger partial charge in [0.1, 0.15) is 25.6 Å². The molecular weight excluding hydrogens is 648 g/mol. The summed E-state index contributed by atoms with van der Waals surface area (Å²) in [5.41, 5.74) is 0.410. The van der Waals surface area contributed by atoms with Gasteiger partial charge in [-0.2, -0.15) is 13.2 Å². The van der Waals surface area contributed by atoms with Gasteiger partial charge < -0.3 is 9.64 Å². The number of alkyl halides is 4. The Morgan fingerprint density at radius 3 is 2.06 bits per heavy atom. The minimum Gasteiger partial charge on any atom is -0.491 e. The average Bonchev–Trinajstić information content (AvgIpc) is 3.34. The molecular formula is C39H30F4N4O3. The summed E-state index contributed by atoms with van der Waals surface area (Å²) in [6.45, 7) is -0.166. The number of halogens is 4. The number of ether oxygens (including phenoxy) is 1. The van der Waals surface area contributed by atoms with E-state index < -0.39 is 30.7 Å². The average molecular weight is 679 g/mol. The van der Waals surface area contributed by atoms with Crippen LogP contribution in [0.15, 0.2) is 102 Å². The summed E-state index contributed by atoms with van der Waals surface area (Å²) < 4.78 is 62.4. The number of pyridine rings is 1. The number of fused-ring (bicyclic) bond motifs is 7. The maximum atomic E-state index is 14.1. The van der Waals surface area contributed by atoms with Crippen LogP contribution in [-0.2, 0) is 24.1 Å². The van der Waals surface area contributed by atoms with Crippen LogP contribution in [0.4, 0.5) is 17.6 Å². The third-order valence-corrected chi connectivity index (χ3v) is 9.42. The number of rotatable bonds is 8. The van der Waals surface area contributed by atoms with Gasteiger partial charge in [0.2, 0.25) is 5.91 Å². The van der Waals surface area contributed by atoms with Crippen LogP contribution in [0.1, 0.15) is 17.5 Å². The molecule has 1 aliphatic rings. The molecule has 1 fully saturated rings. The van der Waals surface area contributed by atoms with E-state index in [4.69, 9.17) is 4.74 Å². The summed E-state index contributed by atoms with van der Waals surface area (Å²) in [7, 11) is 0. The van der Waals surface area contributed by atoms with Gasteiger partial charge in [0.05, 0.1) is 17.6 Å². The van der Waals surface area contributed by atoms with Crippen molar-refractivity contribution in [3.63, 3.8) is 0 Å².